The van der Waals surface area contributed by atoms with Gasteiger partial charge in [0.05, 0.1) is 17.7 Å². The van der Waals surface area contributed by atoms with Gasteiger partial charge in [0.25, 0.3) is 5.91 Å². The number of hydrazone groups is 1. The summed E-state index contributed by atoms with van der Waals surface area (Å²) >= 11 is 0. The molecule has 0 aliphatic rings. The maximum atomic E-state index is 13.2. The van der Waals surface area contributed by atoms with Crippen molar-refractivity contribution in [2.45, 2.75) is 11.4 Å². The molecule has 33 heavy (non-hydrogen) atoms. The molecule has 0 heterocycles. The molecule has 0 spiro atoms. The highest BCUT2D eigenvalue weighted by molar-refractivity contribution is 7.89. The summed E-state index contributed by atoms with van der Waals surface area (Å²) in [5.74, 6) is 0.0916. The fraction of sp³-hybridized carbons (Fsp3) is 0.120. The van der Waals surface area contributed by atoms with Crippen LogP contribution in [0.2, 0.25) is 0 Å². The Morgan fingerprint density at radius 1 is 1.00 bits per heavy atom. The quantitative estimate of drug-likeness (QED) is 0.267. The van der Waals surface area contributed by atoms with Crippen molar-refractivity contribution in [3.63, 3.8) is 0 Å². The molecule has 0 radical (unpaired) electrons. The van der Waals surface area contributed by atoms with Crippen LogP contribution in [-0.4, -0.2) is 38.0 Å². The number of hydrogen-bond acceptors (Lipinski definition) is 5. The fourth-order valence-electron chi connectivity index (χ4n) is 2.97. The van der Waals surface area contributed by atoms with Crippen LogP contribution in [0.25, 0.3) is 0 Å². The summed E-state index contributed by atoms with van der Waals surface area (Å²) in [6.07, 6.45) is 3.11. The van der Waals surface area contributed by atoms with E-state index in [1.165, 1.54) is 18.3 Å². The average molecular weight is 464 g/mol. The molecule has 0 bridgehead atoms. The third-order valence-corrected chi connectivity index (χ3v) is 6.34. The first kappa shape index (κ1) is 23.9. The second-order valence-corrected chi connectivity index (χ2v) is 8.98. The van der Waals surface area contributed by atoms with Gasteiger partial charge < -0.3 is 4.74 Å². The molecule has 7 nitrogen and oxygen atoms in total. The Morgan fingerprint density at radius 2 is 1.70 bits per heavy atom. The van der Waals surface area contributed by atoms with Crippen LogP contribution >= 0.6 is 0 Å². The van der Waals surface area contributed by atoms with Crippen LogP contribution in [0.4, 0.5) is 0 Å². The first-order chi connectivity index (χ1) is 16.0. The zero-order valence-electron chi connectivity index (χ0n) is 18.0. The van der Waals surface area contributed by atoms with E-state index in [4.69, 9.17) is 4.74 Å². The Hall–Kier alpha value is -3.75. The topological polar surface area (TPSA) is 88.1 Å². The largest absolute Gasteiger partial charge is 0.490 e. The number of benzene rings is 3. The number of amides is 1. The van der Waals surface area contributed by atoms with E-state index in [2.05, 4.69) is 17.1 Å². The maximum absolute atomic E-state index is 13.2. The van der Waals surface area contributed by atoms with Gasteiger partial charge in [-0.15, -0.1) is 0 Å². The molecule has 8 heteroatoms. The number of nitrogens with one attached hydrogen (secondary N) is 1. The van der Waals surface area contributed by atoms with Crippen LogP contribution in [-0.2, 0) is 21.4 Å². The number of ether oxygens (including phenoxy) is 1. The lowest BCUT2D eigenvalue weighted by Gasteiger charge is -2.21. The van der Waals surface area contributed by atoms with Crippen LogP contribution in [0.5, 0.6) is 5.75 Å². The van der Waals surface area contributed by atoms with E-state index >= 15 is 0 Å². The van der Waals surface area contributed by atoms with Gasteiger partial charge in [-0.25, -0.2) is 13.8 Å². The molecule has 0 saturated heterocycles. The molecule has 1 amide bonds. The Morgan fingerprint density at radius 3 is 2.39 bits per heavy atom. The monoisotopic (exact) mass is 463 g/mol. The highest BCUT2D eigenvalue weighted by Gasteiger charge is 2.26. The zero-order chi connectivity index (χ0) is 23.5. The normalized spacial score (nSPS) is 11.4. The summed E-state index contributed by atoms with van der Waals surface area (Å²) in [5, 5.41) is 3.96. The minimum atomic E-state index is -3.89. The SMILES string of the molecule is C=CCOc1cccc(/C=N\NC(=O)CN(Cc2ccccc2)S(=O)(=O)c2ccccc2)c1. The molecular formula is C25H25N3O4S. The molecule has 0 unspecified atom stereocenters. The van der Waals surface area contributed by atoms with Gasteiger partial charge in [0.2, 0.25) is 10.0 Å². The predicted molar refractivity (Wildman–Crippen MR) is 128 cm³/mol. The molecule has 1 N–H and O–H groups in total. The van der Waals surface area contributed by atoms with Crippen molar-refractivity contribution >= 4 is 22.1 Å². The van der Waals surface area contributed by atoms with Crippen LogP contribution in [0.3, 0.4) is 0 Å². The summed E-state index contributed by atoms with van der Waals surface area (Å²) in [6.45, 7) is 3.66. The van der Waals surface area contributed by atoms with Crippen LogP contribution in [0, 0.1) is 0 Å². The standard InChI is InChI=1S/C25H25N3O4S/c1-2-16-32-23-13-9-12-22(17-23)18-26-27-25(29)20-28(19-21-10-5-3-6-11-21)33(30,31)24-14-7-4-8-15-24/h2-15,17-18H,1,16,19-20H2,(H,27,29)/b26-18-. The predicted octanol–water partition coefficient (Wildman–Crippen LogP) is 3.59. The highest BCUT2D eigenvalue weighted by atomic mass is 32.2. The van der Waals surface area contributed by atoms with E-state index in [0.717, 1.165) is 15.4 Å². The smallest absolute Gasteiger partial charge is 0.255 e. The van der Waals surface area contributed by atoms with Crippen molar-refractivity contribution in [2.75, 3.05) is 13.2 Å². The molecule has 0 atom stereocenters. The molecule has 0 aliphatic heterocycles. The first-order valence-electron chi connectivity index (χ1n) is 10.2. The van der Waals surface area contributed by atoms with E-state index in [0.29, 0.717) is 12.4 Å². The van der Waals surface area contributed by atoms with Gasteiger partial charge in [-0.05, 0) is 35.4 Å². The lowest BCUT2D eigenvalue weighted by atomic mass is 10.2. The van der Waals surface area contributed by atoms with Crippen molar-refractivity contribution in [1.29, 1.82) is 0 Å². The van der Waals surface area contributed by atoms with Gasteiger partial charge in [-0.3, -0.25) is 4.79 Å². The summed E-state index contributed by atoms with van der Waals surface area (Å²) < 4.78 is 33.0. The van der Waals surface area contributed by atoms with Gasteiger partial charge in [-0.2, -0.15) is 9.41 Å². The number of nitrogens with zero attached hydrogens (tertiary/aromatic N) is 2. The van der Waals surface area contributed by atoms with Gasteiger partial charge in [0.15, 0.2) is 0 Å². The van der Waals surface area contributed by atoms with E-state index in [1.807, 2.05) is 30.3 Å². The molecule has 3 aromatic rings. The van der Waals surface area contributed by atoms with Gasteiger partial charge >= 0.3 is 0 Å². The Kier molecular flexibility index (Phi) is 8.51. The van der Waals surface area contributed by atoms with Gasteiger partial charge in [0.1, 0.15) is 12.4 Å². The molecule has 0 aromatic heterocycles. The minimum absolute atomic E-state index is 0.0535. The Labute approximate surface area is 194 Å². The molecule has 0 saturated carbocycles. The number of carbonyl (C=O) groups excluding carboxylic acids is 1. The zero-order valence-corrected chi connectivity index (χ0v) is 18.8. The van der Waals surface area contributed by atoms with Crippen molar-refractivity contribution in [3.8, 4) is 5.75 Å². The van der Waals surface area contributed by atoms with E-state index in [-0.39, 0.29) is 18.0 Å². The van der Waals surface area contributed by atoms with E-state index in [1.54, 1.807) is 48.5 Å². The number of hydrogen-bond donors (Lipinski definition) is 1. The van der Waals surface area contributed by atoms with Gasteiger partial charge in [0, 0.05) is 6.54 Å². The molecule has 3 rings (SSSR count). The molecule has 0 aliphatic carbocycles. The number of rotatable bonds is 11. The minimum Gasteiger partial charge on any atom is -0.490 e. The number of carbonyl (C=O) groups is 1. The maximum Gasteiger partial charge on any atom is 0.255 e. The fourth-order valence-corrected chi connectivity index (χ4v) is 4.37. The summed E-state index contributed by atoms with van der Waals surface area (Å²) in [5.41, 5.74) is 3.89. The average Bonchev–Trinajstić information content (AvgIpc) is 2.84. The molecular weight excluding hydrogens is 438 g/mol. The highest BCUT2D eigenvalue weighted by Crippen LogP contribution is 2.18. The molecule has 0 fully saturated rings. The summed E-state index contributed by atoms with van der Waals surface area (Å²) in [6, 6.07) is 24.3. The third kappa shape index (κ3) is 7.13. The lowest BCUT2D eigenvalue weighted by molar-refractivity contribution is -0.121. The molecule has 3 aromatic carbocycles. The van der Waals surface area contributed by atoms with E-state index in [9.17, 15) is 13.2 Å². The van der Waals surface area contributed by atoms with Crippen molar-refractivity contribution in [3.05, 3.63) is 109 Å². The van der Waals surface area contributed by atoms with Crippen molar-refractivity contribution in [2.24, 2.45) is 5.10 Å². The second-order valence-electron chi connectivity index (χ2n) is 7.04. The van der Waals surface area contributed by atoms with E-state index < -0.39 is 15.9 Å². The number of sulfonamides is 1. The summed E-state index contributed by atoms with van der Waals surface area (Å²) in [7, 11) is -3.89. The van der Waals surface area contributed by atoms with Crippen LogP contribution < -0.4 is 10.2 Å². The van der Waals surface area contributed by atoms with Crippen LogP contribution in [0.15, 0.2) is 108 Å². The second kappa shape index (κ2) is 11.8. The first-order valence-corrected chi connectivity index (χ1v) is 11.7. The van der Waals surface area contributed by atoms with Crippen molar-refractivity contribution in [1.82, 2.24) is 9.73 Å². The molecule has 170 valence electrons. The van der Waals surface area contributed by atoms with Crippen molar-refractivity contribution < 1.29 is 17.9 Å². The van der Waals surface area contributed by atoms with Gasteiger partial charge in [-0.1, -0.05) is 73.3 Å². The summed E-state index contributed by atoms with van der Waals surface area (Å²) in [4.78, 5) is 12.7. The Bertz CT molecular complexity index is 1200. The third-order valence-electron chi connectivity index (χ3n) is 4.53. The van der Waals surface area contributed by atoms with Crippen LogP contribution in [0.1, 0.15) is 11.1 Å². The lowest BCUT2D eigenvalue weighted by Crippen LogP contribution is -2.39. The Balaban J connectivity index is 1.71.